The quantitative estimate of drug-likeness (QED) is 0.737. The van der Waals surface area contributed by atoms with Gasteiger partial charge in [-0.05, 0) is 19.8 Å². The van der Waals surface area contributed by atoms with Crippen molar-refractivity contribution in [3.8, 4) is 0 Å². The van der Waals surface area contributed by atoms with Gasteiger partial charge in [0.15, 0.2) is 0 Å². The number of carboxylic acid groups (broad SMARTS) is 1. The van der Waals surface area contributed by atoms with Crippen LogP contribution >= 0.6 is 0 Å². The molecular formula is C9H17NO5S. The Kier molecular flexibility index (Phi) is 4.28. The molecule has 1 fully saturated rings. The zero-order chi connectivity index (χ0) is 12.3. The van der Waals surface area contributed by atoms with E-state index in [1.165, 1.54) is 14.0 Å². The van der Waals surface area contributed by atoms with E-state index in [0.29, 0.717) is 12.8 Å². The van der Waals surface area contributed by atoms with Crippen molar-refractivity contribution in [2.24, 2.45) is 0 Å². The summed E-state index contributed by atoms with van der Waals surface area (Å²) in [7, 11) is -2.15. The largest absolute Gasteiger partial charge is 0.480 e. The third-order valence-electron chi connectivity index (χ3n) is 2.73. The van der Waals surface area contributed by atoms with Crippen LogP contribution in [0.5, 0.6) is 0 Å². The topological polar surface area (TPSA) is 83.9 Å². The molecule has 0 aromatic rings. The number of ether oxygens (including phenoxy) is 1. The molecule has 1 saturated heterocycles. The number of carbonyl (C=O) groups is 1. The van der Waals surface area contributed by atoms with E-state index in [9.17, 15) is 13.2 Å². The highest BCUT2D eigenvalue weighted by molar-refractivity contribution is 7.89. The Morgan fingerprint density at radius 1 is 1.62 bits per heavy atom. The molecular weight excluding hydrogens is 234 g/mol. The van der Waals surface area contributed by atoms with E-state index >= 15 is 0 Å². The van der Waals surface area contributed by atoms with Crippen molar-refractivity contribution in [1.82, 2.24) is 4.31 Å². The number of sulfonamides is 1. The first-order valence-corrected chi connectivity index (χ1v) is 6.64. The molecule has 6 nitrogen and oxygen atoms in total. The van der Waals surface area contributed by atoms with Crippen molar-refractivity contribution in [2.45, 2.75) is 31.1 Å². The molecule has 1 aliphatic rings. The molecule has 2 unspecified atom stereocenters. The molecule has 0 saturated carbocycles. The van der Waals surface area contributed by atoms with Crippen LogP contribution in [0.1, 0.15) is 19.8 Å². The first-order chi connectivity index (χ1) is 7.41. The lowest BCUT2D eigenvalue weighted by atomic mass is 10.2. The predicted molar refractivity (Wildman–Crippen MR) is 57.6 cm³/mol. The predicted octanol–water partition coefficient (Wildman–Crippen LogP) is -0.0999. The molecule has 0 spiro atoms. The summed E-state index contributed by atoms with van der Waals surface area (Å²) in [4.78, 5) is 10.9. The Morgan fingerprint density at radius 3 is 2.75 bits per heavy atom. The smallest absolute Gasteiger partial charge is 0.322 e. The maximum Gasteiger partial charge on any atom is 0.322 e. The highest BCUT2D eigenvalue weighted by Crippen LogP contribution is 2.23. The van der Waals surface area contributed by atoms with Crippen molar-refractivity contribution >= 4 is 16.0 Å². The maximum atomic E-state index is 12.0. The van der Waals surface area contributed by atoms with E-state index in [0.717, 1.165) is 4.31 Å². The minimum Gasteiger partial charge on any atom is -0.480 e. The van der Waals surface area contributed by atoms with Crippen LogP contribution in [0.15, 0.2) is 0 Å². The number of carboxylic acids is 1. The van der Waals surface area contributed by atoms with Gasteiger partial charge in [0.05, 0.1) is 11.9 Å². The van der Waals surface area contributed by atoms with Crippen molar-refractivity contribution in [1.29, 1.82) is 0 Å². The van der Waals surface area contributed by atoms with Crippen molar-refractivity contribution in [2.75, 3.05) is 20.3 Å². The molecule has 1 aliphatic heterocycles. The first-order valence-electron chi connectivity index (χ1n) is 5.13. The van der Waals surface area contributed by atoms with E-state index in [4.69, 9.17) is 9.84 Å². The molecule has 0 aromatic heterocycles. The SMILES string of the molecule is COCC(C)S(=O)(=O)N1CCCC1C(=O)O. The van der Waals surface area contributed by atoms with Gasteiger partial charge in [-0.3, -0.25) is 4.79 Å². The Bertz CT molecular complexity index is 353. The molecule has 1 rings (SSSR count). The molecule has 1 heterocycles. The van der Waals surface area contributed by atoms with Crippen molar-refractivity contribution in [3.05, 3.63) is 0 Å². The summed E-state index contributed by atoms with van der Waals surface area (Å²) in [6.45, 7) is 1.88. The van der Waals surface area contributed by atoms with Crippen molar-refractivity contribution < 1.29 is 23.1 Å². The fourth-order valence-electron chi connectivity index (χ4n) is 1.84. The third-order valence-corrected chi connectivity index (χ3v) is 4.97. The average Bonchev–Trinajstić information content (AvgIpc) is 2.66. The minimum absolute atomic E-state index is 0.0746. The van der Waals surface area contributed by atoms with Crippen LogP contribution in [0.25, 0.3) is 0 Å². The van der Waals surface area contributed by atoms with Gasteiger partial charge in [-0.25, -0.2) is 8.42 Å². The molecule has 0 aliphatic carbocycles. The van der Waals surface area contributed by atoms with Gasteiger partial charge in [0.2, 0.25) is 10.0 Å². The van der Waals surface area contributed by atoms with Crippen LogP contribution in [0.4, 0.5) is 0 Å². The van der Waals surface area contributed by atoms with Gasteiger partial charge in [-0.1, -0.05) is 0 Å². The van der Waals surface area contributed by atoms with Gasteiger partial charge in [-0.2, -0.15) is 4.31 Å². The monoisotopic (exact) mass is 251 g/mol. The first kappa shape index (κ1) is 13.4. The Labute approximate surface area is 95.2 Å². The average molecular weight is 251 g/mol. The molecule has 0 radical (unpaired) electrons. The molecule has 0 aromatic carbocycles. The number of methoxy groups -OCH3 is 1. The maximum absolute atomic E-state index is 12.0. The van der Waals surface area contributed by atoms with Crippen LogP contribution in [0, 0.1) is 0 Å². The summed E-state index contributed by atoms with van der Waals surface area (Å²) >= 11 is 0. The van der Waals surface area contributed by atoms with Gasteiger partial charge in [0, 0.05) is 13.7 Å². The number of hydrogen-bond donors (Lipinski definition) is 1. The second-order valence-corrected chi connectivity index (χ2v) is 6.22. The lowest BCUT2D eigenvalue weighted by Gasteiger charge is -2.24. The van der Waals surface area contributed by atoms with Crippen LogP contribution < -0.4 is 0 Å². The van der Waals surface area contributed by atoms with Crippen LogP contribution in [0.2, 0.25) is 0 Å². The number of hydrogen-bond acceptors (Lipinski definition) is 4. The third kappa shape index (κ3) is 2.53. The Hall–Kier alpha value is -0.660. The van der Waals surface area contributed by atoms with Crippen LogP contribution in [-0.4, -0.2) is 55.4 Å². The summed E-state index contributed by atoms with van der Waals surface area (Å²) in [5.74, 6) is -1.08. The normalized spacial score (nSPS) is 24.5. The molecule has 7 heteroatoms. The molecule has 1 N–H and O–H groups in total. The molecule has 2 atom stereocenters. The second-order valence-electron chi connectivity index (χ2n) is 3.92. The molecule has 16 heavy (non-hydrogen) atoms. The van der Waals surface area contributed by atoms with E-state index < -0.39 is 27.3 Å². The molecule has 94 valence electrons. The lowest BCUT2D eigenvalue weighted by Crippen LogP contribution is -2.45. The highest BCUT2D eigenvalue weighted by atomic mass is 32.2. The zero-order valence-corrected chi connectivity index (χ0v) is 10.2. The van der Waals surface area contributed by atoms with Gasteiger partial charge < -0.3 is 9.84 Å². The Balaban J connectivity index is 2.86. The van der Waals surface area contributed by atoms with Crippen LogP contribution in [0.3, 0.4) is 0 Å². The molecule has 0 amide bonds. The minimum atomic E-state index is -3.57. The highest BCUT2D eigenvalue weighted by Gasteiger charge is 2.40. The van der Waals surface area contributed by atoms with Crippen molar-refractivity contribution in [3.63, 3.8) is 0 Å². The summed E-state index contributed by atoms with van der Waals surface area (Å²) in [6.07, 6.45) is 0.976. The fourth-order valence-corrected chi connectivity index (χ4v) is 3.55. The summed E-state index contributed by atoms with van der Waals surface area (Å²) < 4.78 is 29.9. The number of rotatable bonds is 5. The van der Waals surface area contributed by atoms with Gasteiger partial charge >= 0.3 is 5.97 Å². The summed E-state index contributed by atoms with van der Waals surface area (Å²) in [5, 5.41) is 8.21. The standard InChI is InChI=1S/C9H17NO5S/c1-7(6-15-2)16(13,14)10-5-3-4-8(10)9(11)12/h7-8H,3-6H2,1-2H3,(H,11,12). The lowest BCUT2D eigenvalue weighted by molar-refractivity contribution is -0.140. The number of nitrogens with zero attached hydrogens (tertiary/aromatic N) is 1. The van der Waals surface area contributed by atoms with E-state index in [1.54, 1.807) is 0 Å². The van der Waals surface area contributed by atoms with Gasteiger partial charge in [-0.15, -0.1) is 0 Å². The summed E-state index contributed by atoms with van der Waals surface area (Å²) in [6, 6.07) is -0.913. The van der Waals surface area contributed by atoms with Gasteiger partial charge in [0.1, 0.15) is 6.04 Å². The van der Waals surface area contributed by atoms with E-state index in [1.807, 2.05) is 0 Å². The second kappa shape index (κ2) is 5.11. The number of aliphatic carboxylic acids is 1. The van der Waals surface area contributed by atoms with Crippen LogP contribution in [-0.2, 0) is 19.6 Å². The summed E-state index contributed by atoms with van der Waals surface area (Å²) in [5.41, 5.74) is 0. The molecule has 0 bridgehead atoms. The van der Waals surface area contributed by atoms with E-state index in [2.05, 4.69) is 0 Å². The Morgan fingerprint density at radius 2 is 2.25 bits per heavy atom. The fraction of sp³-hybridized carbons (Fsp3) is 0.889. The van der Waals surface area contributed by atoms with Gasteiger partial charge in [0.25, 0.3) is 0 Å². The van der Waals surface area contributed by atoms with E-state index in [-0.39, 0.29) is 13.2 Å². The zero-order valence-electron chi connectivity index (χ0n) is 9.42.